The van der Waals surface area contributed by atoms with Gasteiger partial charge >= 0.3 is 0 Å². The molecule has 1 nitrogen and oxygen atoms in total. The molecule has 0 atom stereocenters. The first kappa shape index (κ1) is 6.95. The molecule has 0 heterocycles. The van der Waals surface area contributed by atoms with E-state index in [9.17, 15) is 0 Å². The number of hydrogen-bond acceptors (Lipinski definition) is 1. The number of halogens is 1. The lowest BCUT2D eigenvalue weighted by atomic mass is 10.3. The van der Waals surface area contributed by atoms with E-state index in [-0.39, 0.29) is 4.70 Å². The molecule has 1 aromatic rings. The van der Waals surface area contributed by atoms with E-state index >= 15 is 0 Å². The molecule has 0 aliphatic heterocycles. The molecular weight excluding hydrogens is 105 g/mol. The van der Waals surface area contributed by atoms with Crippen molar-refractivity contribution in [1.82, 2.24) is 0 Å². The fraction of sp³-hybridized carbons (Fsp3) is 0. The van der Waals surface area contributed by atoms with Gasteiger partial charge in [0.25, 0.3) is 0 Å². The van der Waals surface area contributed by atoms with E-state index in [2.05, 4.69) is 0 Å². The third kappa shape index (κ3) is 1.60. The van der Waals surface area contributed by atoms with Crippen LogP contribution in [0.25, 0.3) is 0 Å². The van der Waals surface area contributed by atoms with Crippen molar-refractivity contribution >= 4 is 5.69 Å². The highest BCUT2D eigenvalue weighted by molar-refractivity contribution is 5.35. The molecule has 0 spiro atoms. The van der Waals surface area contributed by atoms with Gasteiger partial charge in [0, 0.05) is 5.69 Å². The Labute approximate surface area is 47.5 Å². The van der Waals surface area contributed by atoms with E-state index < -0.39 is 0 Å². The minimum Gasteiger partial charge on any atom is -0.399 e. The molecule has 2 N–H and O–H groups in total. The number of rotatable bonds is 0. The largest absolute Gasteiger partial charge is 0.399 e. The maximum absolute atomic E-state index is 5.36. The van der Waals surface area contributed by atoms with E-state index in [1.54, 1.807) is 0 Å². The topological polar surface area (TPSA) is 26.0 Å². The summed E-state index contributed by atoms with van der Waals surface area (Å²) in [6, 6.07) is 9.49. The van der Waals surface area contributed by atoms with Crippen LogP contribution in [0.2, 0.25) is 0 Å². The normalized spacial score (nSPS) is 7.50. The maximum Gasteiger partial charge on any atom is 0.0313 e. The molecule has 2 heteroatoms. The van der Waals surface area contributed by atoms with Gasteiger partial charge in [-0.05, 0) is 12.1 Å². The molecule has 1 rings (SSSR count). The minimum absolute atomic E-state index is 0. The standard InChI is InChI=1S/C6H7N.FH/c7-6-4-2-1-3-5-6;/h1-5H,7H2;1H. The number of anilines is 1. The summed E-state index contributed by atoms with van der Waals surface area (Å²) < 4.78 is 0. The van der Waals surface area contributed by atoms with Crippen LogP contribution in [-0.2, 0) is 0 Å². The summed E-state index contributed by atoms with van der Waals surface area (Å²) in [6.45, 7) is 0. The minimum atomic E-state index is 0. The Bertz CT molecular complexity index is 138. The van der Waals surface area contributed by atoms with Gasteiger partial charge in [-0.15, -0.1) is 0 Å². The Morgan fingerprint density at radius 2 is 1.50 bits per heavy atom. The van der Waals surface area contributed by atoms with Gasteiger partial charge in [0.15, 0.2) is 0 Å². The molecule has 0 saturated heterocycles. The smallest absolute Gasteiger partial charge is 0.0313 e. The third-order valence-corrected chi connectivity index (χ3v) is 0.800. The van der Waals surface area contributed by atoms with Gasteiger partial charge in [0.2, 0.25) is 0 Å². The van der Waals surface area contributed by atoms with Crippen LogP contribution in [0.1, 0.15) is 0 Å². The van der Waals surface area contributed by atoms with Crippen LogP contribution >= 0.6 is 0 Å². The van der Waals surface area contributed by atoms with Gasteiger partial charge in [-0.25, -0.2) is 0 Å². The van der Waals surface area contributed by atoms with E-state index in [1.165, 1.54) is 0 Å². The Hall–Kier alpha value is -1.05. The van der Waals surface area contributed by atoms with E-state index in [0.717, 1.165) is 5.69 Å². The van der Waals surface area contributed by atoms with Gasteiger partial charge in [-0.2, -0.15) is 0 Å². The molecular formula is C6H8FN. The molecule has 1 aromatic carbocycles. The Balaban J connectivity index is 0.000000490. The number of para-hydroxylation sites is 1. The number of hydrogen-bond donors (Lipinski definition) is 1. The van der Waals surface area contributed by atoms with Crippen molar-refractivity contribution in [3.8, 4) is 0 Å². The SMILES string of the molecule is F.Nc1ccccc1. The molecule has 0 aliphatic carbocycles. The van der Waals surface area contributed by atoms with E-state index in [0.29, 0.717) is 0 Å². The maximum atomic E-state index is 5.36. The van der Waals surface area contributed by atoms with Crippen LogP contribution in [-0.4, -0.2) is 0 Å². The number of benzene rings is 1. The van der Waals surface area contributed by atoms with Crippen molar-refractivity contribution in [3.05, 3.63) is 30.3 Å². The van der Waals surface area contributed by atoms with Crippen LogP contribution < -0.4 is 5.73 Å². The number of nitrogens with two attached hydrogens (primary N) is 1. The molecule has 0 fully saturated rings. The first-order valence-electron chi connectivity index (χ1n) is 2.20. The zero-order chi connectivity index (χ0) is 5.11. The van der Waals surface area contributed by atoms with Crippen molar-refractivity contribution in [3.63, 3.8) is 0 Å². The lowest BCUT2D eigenvalue weighted by molar-refractivity contribution is 1.11. The quantitative estimate of drug-likeness (QED) is 0.506. The van der Waals surface area contributed by atoms with Crippen LogP contribution in [0.15, 0.2) is 30.3 Å². The molecule has 0 aliphatic rings. The zero-order valence-electron chi connectivity index (χ0n) is 4.37. The molecule has 0 unspecified atom stereocenters. The monoisotopic (exact) mass is 113 g/mol. The summed E-state index contributed by atoms with van der Waals surface area (Å²) in [5, 5.41) is 0. The van der Waals surface area contributed by atoms with Crippen molar-refractivity contribution in [2.75, 3.05) is 5.73 Å². The average molecular weight is 113 g/mol. The van der Waals surface area contributed by atoms with Crippen LogP contribution in [0.3, 0.4) is 0 Å². The van der Waals surface area contributed by atoms with Gasteiger partial charge in [0.1, 0.15) is 0 Å². The van der Waals surface area contributed by atoms with Crippen molar-refractivity contribution in [2.45, 2.75) is 0 Å². The lowest BCUT2D eigenvalue weighted by Gasteiger charge is -1.83. The molecule has 0 saturated carbocycles. The highest BCUT2D eigenvalue weighted by Gasteiger charge is 1.72. The van der Waals surface area contributed by atoms with Crippen molar-refractivity contribution in [1.29, 1.82) is 0 Å². The summed E-state index contributed by atoms with van der Waals surface area (Å²) >= 11 is 0. The van der Waals surface area contributed by atoms with E-state index in [1.807, 2.05) is 30.3 Å². The molecule has 0 amide bonds. The average Bonchev–Trinajstić information content (AvgIpc) is 1.69. The fourth-order valence-electron chi connectivity index (χ4n) is 0.453. The Kier molecular flexibility index (Phi) is 2.62. The molecule has 0 bridgehead atoms. The van der Waals surface area contributed by atoms with Gasteiger partial charge in [0.05, 0.1) is 0 Å². The highest BCUT2D eigenvalue weighted by Crippen LogP contribution is 1.95. The Morgan fingerprint density at radius 3 is 1.75 bits per heavy atom. The summed E-state index contributed by atoms with van der Waals surface area (Å²) in [5.74, 6) is 0. The number of nitrogen functional groups attached to an aromatic ring is 1. The second-order valence-corrected chi connectivity index (χ2v) is 1.41. The lowest BCUT2D eigenvalue weighted by Crippen LogP contribution is -1.79. The van der Waals surface area contributed by atoms with Gasteiger partial charge in [-0.3, -0.25) is 4.70 Å². The first-order valence-corrected chi connectivity index (χ1v) is 2.20. The van der Waals surface area contributed by atoms with Crippen molar-refractivity contribution < 1.29 is 4.70 Å². The van der Waals surface area contributed by atoms with Crippen LogP contribution in [0.4, 0.5) is 10.4 Å². The summed E-state index contributed by atoms with van der Waals surface area (Å²) in [5.41, 5.74) is 6.18. The van der Waals surface area contributed by atoms with E-state index in [4.69, 9.17) is 5.73 Å². The third-order valence-electron chi connectivity index (χ3n) is 0.800. The highest BCUT2D eigenvalue weighted by atomic mass is 19.0. The molecule has 8 heavy (non-hydrogen) atoms. The molecule has 44 valence electrons. The van der Waals surface area contributed by atoms with Crippen LogP contribution in [0.5, 0.6) is 0 Å². The predicted molar refractivity (Wildman–Crippen MR) is 33.4 cm³/mol. The second-order valence-electron chi connectivity index (χ2n) is 1.41. The van der Waals surface area contributed by atoms with Crippen LogP contribution in [0, 0.1) is 0 Å². The Morgan fingerprint density at radius 1 is 1.00 bits per heavy atom. The first-order chi connectivity index (χ1) is 3.39. The second kappa shape index (κ2) is 3.02. The van der Waals surface area contributed by atoms with Crippen molar-refractivity contribution in [2.24, 2.45) is 0 Å². The molecule has 0 radical (unpaired) electrons. The summed E-state index contributed by atoms with van der Waals surface area (Å²) in [7, 11) is 0. The zero-order valence-corrected chi connectivity index (χ0v) is 4.37. The molecule has 0 aromatic heterocycles. The fourth-order valence-corrected chi connectivity index (χ4v) is 0.453. The van der Waals surface area contributed by atoms with Gasteiger partial charge in [-0.1, -0.05) is 18.2 Å². The predicted octanol–water partition coefficient (Wildman–Crippen LogP) is 1.42. The van der Waals surface area contributed by atoms with Gasteiger partial charge < -0.3 is 5.73 Å². The summed E-state index contributed by atoms with van der Waals surface area (Å²) in [4.78, 5) is 0. The summed E-state index contributed by atoms with van der Waals surface area (Å²) in [6.07, 6.45) is 0.